The summed E-state index contributed by atoms with van der Waals surface area (Å²) in [6, 6.07) is 15.8. The molecule has 1 aliphatic rings. The summed E-state index contributed by atoms with van der Waals surface area (Å²) in [5, 5.41) is 2.94. The van der Waals surface area contributed by atoms with Crippen LogP contribution in [0.25, 0.3) is 0 Å². The van der Waals surface area contributed by atoms with Crippen LogP contribution in [-0.2, 0) is 6.54 Å². The third-order valence-electron chi connectivity index (χ3n) is 4.60. The van der Waals surface area contributed by atoms with Crippen LogP contribution >= 0.6 is 22.6 Å². The van der Waals surface area contributed by atoms with Crippen LogP contribution in [0.1, 0.15) is 35.7 Å². The third kappa shape index (κ3) is 4.80. The number of nitrogens with zero attached hydrogens (tertiary/aromatic N) is 1. The molecule has 0 atom stereocenters. The standard InChI is InChI=1S/C20H23IN2O/c1-15-10-12-23(13-11-15)14-16-2-4-17(5-3-16)20(24)22-19-8-6-18(21)7-9-19/h2-9,15H,10-14H2,1H3,(H,22,24). The summed E-state index contributed by atoms with van der Waals surface area (Å²) in [5.74, 6) is 0.795. The number of piperidine rings is 1. The highest BCUT2D eigenvalue weighted by atomic mass is 127. The summed E-state index contributed by atoms with van der Waals surface area (Å²) in [7, 11) is 0. The maximum absolute atomic E-state index is 12.3. The molecule has 1 N–H and O–H groups in total. The van der Waals surface area contributed by atoms with Gasteiger partial charge in [0.25, 0.3) is 5.91 Å². The van der Waals surface area contributed by atoms with Gasteiger partial charge in [0.05, 0.1) is 0 Å². The van der Waals surface area contributed by atoms with Crippen LogP contribution in [0.15, 0.2) is 48.5 Å². The quantitative estimate of drug-likeness (QED) is 0.703. The van der Waals surface area contributed by atoms with Crippen LogP contribution in [0.2, 0.25) is 0 Å². The monoisotopic (exact) mass is 434 g/mol. The molecule has 1 heterocycles. The SMILES string of the molecule is CC1CCN(Cc2ccc(C(=O)Nc3ccc(I)cc3)cc2)CC1. The summed E-state index contributed by atoms with van der Waals surface area (Å²) in [6.07, 6.45) is 2.58. The van der Waals surface area contributed by atoms with Gasteiger partial charge in [0.1, 0.15) is 0 Å². The van der Waals surface area contributed by atoms with Gasteiger partial charge >= 0.3 is 0 Å². The van der Waals surface area contributed by atoms with Crippen LogP contribution in [0.5, 0.6) is 0 Å². The molecule has 1 saturated heterocycles. The molecule has 4 heteroatoms. The fourth-order valence-electron chi connectivity index (χ4n) is 2.98. The maximum atomic E-state index is 12.3. The van der Waals surface area contributed by atoms with Gasteiger partial charge in [-0.25, -0.2) is 0 Å². The lowest BCUT2D eigenvalue weighted by Gasteiger charge is -2.30. The molecule has 0 aromatic heterocycles. The minimum Gasteiger partial charge on any atom is -0.322 e. The van der Waals surface area contributed by atoms with Gasteiger partial charge in [-0.15, -0.1) is 0 Å². The fourth-order valence-corrected chi connectivity index (χ4v) is 3.34. The molecule has 2 aromatic carbocycles. The van der Waals surface area contributed by atoms with Gasteiger partial charge in [-0.1, -0.05) is 19.1 Å². The Kier molecular flexibility index (Phi) is 5.89. The molecule has 0 bridgehead atoms. The summed E-state index contributed by atoms with van der Waals surface area (Å²) in [5.41, 5.74) is 2.80. The lowest BCUT2D eigenvalue weighted by molar-refractivity contribution is 0.102. The second-order valence-electron chi connectivity index (χ2n) is 6.62. The van der Waals surface area contributed by atoms with Crippen LogP contribution in [0.4, 0.5) is 5.69 Å². The molecule has 1 fully saturated rings. The Labute approximate surface area is 157 Å². The summed E-state index contributed by atoms with van der Waals surface area (Å²) in [6.45, 7) is 5.66. The van der Waals surface area contributed by atoms with E-state index in [0.717, 1.165) is 21.7 Å². The average Bonchev–Trinajstić information content (AvgIpc) is 2.59. The number of amides is 1. The van der Waals surface area contributed by atoms with E-state index in [0.29, 0.717) is 5.56 Å². The van der Waals surface area contributed by atoms with Crippen molar-refractivity contribution in [1.82, 2.24) is 4.90 Å². The number of carbonyl (C=O) groups excluding carboxylic acids is 1. The van der Waals surface area contributed by atoms with Crippen molar-refractivity contribution < 1.29 is 4.79 Å². The first-order chi connectivity index (χ1) is 11.6. The average molecular weight is 434 g/mol. The van der Waals surface area contributed by atoms with Crippen LogP contribution in [0, 0.1) is 9.49 Å². The van der Waals surface area contributed by atoms with Crippen molar-refractivity contribution in [3.63, 3.8) is 0 Å². The second-order valence-corrected chi connectivity index (χ2v) is 7.86. The lowest BCUT2D eigenvalue weighted by Crippen LogP contribution is -2.32. The first-order valence-corrected chi connectivity index (χ1v) is 9.56. The molecule has 0 radical (unpaired) electrons. The molecule has 24 heavy (non-hydrogen) atoms. The zero-order valence-corrected chi connectivity index (χ0v) is 16.1. The Hall–Kier alpha value is -1.40. The number of likely N-dealkylation sites (tertiary alicyclic amines) is 1. The molecule has 126 valence electrons. The summed E-state index contributed by atoms with van der Waals surface area (Å²) in [4.78, 5) is 14.8. The number of anilines is 1. The first-order valence-electron chi connectivity index (χ1n) is 8.48. The number of benzene rings is 2. The largest absolute Gasteiger partial charge is 0.322 e. The van der Waals surface area contributed by atoms with Gasteiger partial charge < -0.3 is 5.32 Å². The van der Waals surface area contributed by atoms with E-state index < -0.39 is 0 Å². The van der Waals surface area contributed by atoms with Crippen molar-refractivity contribution in [2.45, 2.75) is 26.3 Å². The normalized spacial score (nSPS) is 16.1. The zero-order valence-electron chi connectivity index (χ0n) is 14.0. The minimum absolute atomic E-state index is 0.0606. The summed E-state index contributed by atoms with van der Waals surface area (Å²) >= 11 is 2.25. The Morgan fingerprint density at radius 1 is 1.08 bits per heavy atom. The molecule has 3 rings (SSSR count). The Morgan fingerprint density at radius 2 is 1.71 bits per heavy atom. The van der Waals surface area contributed by atoms with E-state index in [4.69, 9.17) is 0 Å². The van der Waals surface area contributed by atoms with E-state index in [1.165, 1.54) is 31.5 Å². The summed E-state index contributed by atoms with van der Waals surface area (Å²) < 4.78 is 1.15. The van der Waals surface area contributed by atoms with Gasteiger partial charge in [0.15, 0.2) is 0 Å². The number of hydrogen-bond acceptors (Lipinski definition) is 2. The number of halogens is 1. The molecular formula is C20H23IN2O. The molecule has 1 amide bonds. The topological polar surface area (TPSA) is 32.3 Å². The predicted molar refractivity (Wildman–Crippen MR) is 107 cm³/mol. The number of carbonyl (C=O) groups is 1. The zero-order chi connectivity index (χ0) is 16.9. The molecule has 1 aliphatic heterocycles. The highest BCUT2D eigenvalue weighted by molar-refractivity contribution is 14.1. The van der Waals surface area contributed by atoms with Crippen molar-refractivity contribution in [1.29, 1.82) is 0 Å². The smallest absolute Gasteiger partial charge is 0.255 e. The molecular weight excluding hydrogens is 411 g/mol. The van der Waals surface area contributed by atoms with Crippen molar-refractivity contribution in [3.8, 4) is 0 Å². The van der Waals surface area contributed by atoms with E-state index in [-0.39, 0.29) is 5.91 Å². The Bertz CT molecular complexity index is 674. The van der Waals surface area contributed by atoms with E-state index in [1.807, 2.05) is 36.4 Å². The van der Waals surface area contributed by atoms with Gasteiger partial charge in [-0.3, -0.25) is 9.69 Å². The molecule has 3 nitrogen and oxygen atoms in total. The minimum atomic E-state index is -0.0606. The molecule has 0 saturated carbocycles. The third-order valence-corrected chi connectivity index (χ3v) is 5.32. The van der Waals surface area contributed by atoms with Crippen molar-refractivity contribution in [2.24, 2.45) is 5.92 Å². The van der Waals surface area contributed by atoms with Crippen LogP contribution in [0.3, 0.4) is 0 Å². The van der Waals surface area contributed by atoms with Gasteiger partial charge in [0.2, 0.25) is 0 Å². The number of hydrogen-bond donors (Lipinski definition) is 1. The Balaban J connectivity index is 1.57. The van der Waals surface area contributed by atoms with E-state index >= 15 is 0 Å². The van der Waals surface area contributed by atoms with Crippen LogP contribution in [-0.4, -0.2) is 23.9 Å². The highest BCUT2D eigenvalue weighted by Gasteiger charge is 2.15. The van der Waals surface area contributed by atoms with E-state index in [1.54, 1.807) is 0 Å². The second kappa shape index (κ2) is 8.12. The van der Waals surface area contributed by atoms with E-state index in [2.05, 4.69) is 51.9 Å². The fraction of sp³-hybridized carbons (Fsp3) is 0.350. The molecule has 2 aromatic rings. The van der Waals surface area contributed by atoms with Crippen molar-refractivity contribution in [3.05, 3.63) is 63.2 Å². The predicted octanol–water partition coefficient (Wildman–Crippen LogP) is 4.78. The molecule has 0 unspecified atom stereocenters. The molecule has 0 spiro atoms. The van der Waals surface area contributed by atoms with Gasteiger partial charge in [-0.05, 0) is 96.4 Å². The Morgan fingerprint density at radius 3 is 2.33 bits per heavy atom. The van der Waals surface area contributed by atoms with Crippen LogP contribution < -0.4 is 5.32 Å². The highest BCUT2D eigenvalue weighted by Crippen LogP contribution is 2.18. The van der Waals surface area contributed by atoms with Gasteiger partial charge in [-0.2, -0.15) is 0 Å². The first kappa shape index (κ1) is 17.4. The maximum Gasteiger partial charge on any atom is 0.255 e. The number of rotatable bonds is 4. The van der Waals surface area contributed by atoms with Gasteiger partial charge in [0, 0.05) is 21.4 Å². The van der Waals surface area contributed by atoms with Crippen molar-refractivity contribution in [2.75, 3.05) is 18.4 Å². The van der Waals surface area contributed by atoms with E-state index in [9.17, 15) is 4.79 Å². The molecule has 0 aliphatic carbocycles. The lowest BCUT2D eigenvalue weighted by atomic mass is 9.99. The number of nitrogens with one attached hydrogen (secondary N) is 1. The van der Waals surface area contributed by atoms with Crippen molar-refractivity contribution >= 4 is 34.2 Å².